The number of fused-ring (bicyclic) bond motifs is 3. The van der Waals surface area contributed by atoms with Gasteiger partial charge in [-0.3, -0.25) is 0 Å². The van der Waals surface area contributed by atoms with E-state index in [1.54, 1.807) is 0 Å². The van der Waals surface area contributed by atoms with Crippen LogP contribution in [0, 0.1) is 16.4 Å². The zero-order valence-electron chi connectivity index (χ0n) is 16.9. The molecule has 0 N–H and O–H groups in total. The van der Waals surface area contributed by atoms with Crippen LogP contribution in [0.2, 0.25) is 0 Å². The molecule has 1 aliphatic carbocycles. The van der Waals surface area contributed by atoms with Gasteiger partial charge in [0.2, 0.25) is 0 Å². The number of halogens is 1. The highest BCUT2D eigenvalue weighted by atomic mass is 32.1. The van der Waals surface area contributed by atoms with E-state index in [2.05, 4.69) is 32.0 Å². The summed E-state index contributed by atoms with van der Waals surface area (Å²) in [4.78, 5) is 0. The molecule has 3 aromatic rings. The van der Waals surface area contributed by atoms with Crippen LogP contribution in [0.4, 0.5) is 4.39 Å². The summed E-state index contributed by atoms with van der Waals surface area (Å²) in [6.45, 7) is 4.33. The van der Waals surface area contributed by atoms with Crippen molar-refractivity contribution < 1.29 is 8.81 Å². The maximum atomic E-state index is 14.9. The van der Waals surface area contributed by atoms with E-state index < -0.39 is 0 Å². The van der Waals surface area contributed by atoms with Crippen molar-refractivity contribution in [3.8, 4) is 0 Å². The van der Waals surface area contributed by atoms with Crippen molar-refractivity contribution in [2.24, 2.45) is 5.92 Å². The Bertz CT molecular complexity index is 1040. The second kappa shape index (κ2) is 8.32. The van der Waals surface area contributed by atoms with E-state index in [4.69, 9.17) is 16.6 Å². The Morgan fingerprint density at radius 2 is 1.71 bits per heavy atom. The van der Waals surface area contributed by atoms with Crippen LogP contribution in [0.1, 0.15) is 75.8 Å². The fraction of sp³-hybridized carbons (Fsp3) is 0.480. The molecule has 0 aliphatic heterocycles. The maximum absolute atomic E-state index is 14.9. The van der Waals surface area contributed by atoms with Gasteiger partial charge in [-0.25, -0.2) is 4.39 Å². The summed E-state index contributed by atoms with van der Waals surface area (Å²) in [6.07, 6.45) is 9.41. The molecule has 2 aromatic carbocycles. The van der Waals surface area contributed by atoms with Crippen LogP contribution < -0.4 is 0 Å². The zero-order valence-corrected chi connectivity index (χ0v) is 17.7. The number of benzene rings is 2. The lowest BCUT2D eigenvalue weighted by molar-refractivity contribution is 0.308. The monoisotopic (exact) mass is 396 g/mol. The van der Waals surface area contributed by atoms with E-state index in [0.717, 1.165) is 28.5 Å². The highest BCUT2D eigenvalue weighted by molar-refractivity contribution is 7.71. The van der Waals surface area contributed by atoms with Crippen LogP contribution in [-0.4, -0.2) is 0 Å². The van der Waals surface area contributed by atoms with Crippen LogP contribution in [0.15, 0.2) is 34.7 Å². The molecule has 0 atom stereocenters. The summed E-state index contributed by atoms with van der Waals surface area (Å²) < 4.78 is 21.1. The van der Waals surface area contributed by atoms with Crippen LogP contribution in [0.5, 0.6) is 0 Å². The van der Waals surface area contributed by atoms with Crippen molar-refractivity contribution in [1.29, 1.82) is 0 Å². The number of hydrogen-bond acceptors (Lipinski definition) is 2. The Kier molecular flexibility index (Phi) is 5.82. The van der Waals surface area contributed by atoms with Gasteiger partial charge in [-0.05, 0) is 78.7 Å². The van der Waals surface area contributed by atoms with Crippen molar-refractivity contribution >= 4 is 34.0 Å². The predicted octanol–water partition coefficient (Wildman–Crippen LogP) is 8.48. The summed E-state index contributed by atoms with van der Waals surface area (Å²) in [5, 5.41) is 2.76. The molecule has 28 heavy (non-hydrogen) atoms. The third kappa shape index (κ3) is 3.61. The quantitative estimate of drug-likeness (QED) is 0.317. The topological polar surface area (TPSA) is 13.1 Å². The zero-order chi connectivity index (χ0) is 19.7. The molecule has 0 spiro atoms. The Morgan fingerprint density at radius 1 is 0.964 bits per heavy atom. The van der Waals surface area contributed by atoms with E-state index in [-0.39, 0.29) is 5.82 Å². The number of rotatable bonds is 5. The fourth-order valence-corrected chi connectivity index (χ4v) is 5.18. The molecule has 0 unspecified atom stereocenters. The van der Waals surface area contributed by atoms with Crippen molar-refractivity contribution in [1.82, 2.24) is 0 Å². The lowest BCUT2D eigenvalue weighted by Gasteiger charge is -2.28. The molecule has 0 radical (unpaired) electrons. The smallest absolute Gasteiger partial charge is 0.198 e. The number of aryl methyl sites for hydroxylation is 1. The first-order chi connectivity index (χ1) is 13.6. The molecule has 1 heterocycles. The Balaban J connectivity index is 1.73. The van der Waals surface area contributed by atoms with Gasteiger partial charge in [0.1, 0.15) is 0 Å². The average molecular weight is 397 g/mol. The maximum Gasteiger partial charge on any atom is 0.198 e. The van der Waals surface area contributed by atoms with Crippen molar-refractivity contribution in [3.63, 3.8) is 0 Å². The largest absolute Gasteiger partial charge is 0.441 e. The van der Waals surface area contributed by atoms with E-state index >= 15 is 0 Å². The minimum atomic E-state index is -0.259. The van der Waals surface area contributed by atoms with Gasteiger partial charge in [0.25, 0.3) is 0 Å². The first-order valence-corrected chi connectivity index (χ1v) is 11.2. The summed E-state index contributed by atoms with van der Waals surface area (Å²) >= 11 is 5.53. The van der Waals surface area contributed by atoms with E-state index in [1.165, 1.54) is 44.1 Å². The predicted molar refractivity (Wildman–Crippen MR) is 118 cm³/mol. The first-order valence-electron chi connectivity index (χ1n) is 10.8. The molecular formula is C25H29FOS. The summed E-state index contributed by atoms with van der Waals surface area (Å²) in [7, 11) is 0. The minimum absolute atomic E-state index is 0.259. The molecule has 1 aliphatic rings. The van der Waals surface area contributed by atoms with Gasteiger partial charge < -0.3 is 4.42 Å². The van der Waals surface area contributed by atoms with Crippen molar-refractivity contribution in [2.45, 2.75) is 71.1 Å². The van der Waals surface area contributed by atoms with Crippen LogP contribution in [-0.2, 0) is 6.42 Å². The normalized spacial score (nSPS) is 20.1. The highest BCUT2D eigenvalue weighted by Gasteiger charge is 2.22. The SMILES string of the molecule is CCCc1ccc2c(oc(=S)c3cc(C4CCC(CCC)CC4)ccc32)c1F. The molecule has 0 amide bonds. The Labute approximate surface area is 171 Å². The molecule has 3 heteroatoms. The molecular weight excluding hydrogens is 367 g/mol. The number of hydrogen-bond donors (Lipinski definition) is 0. The van der Waals surface area contributed by atoms with Crippen molar-refractivity contribution in [3.05, 3.63) is 52.0 Å². The van der Waals surface area contributed by atoms with E-state index in [1.807, 2.05) is 12.1 Å². The minimum Gasteiger partial charge on any atom is -0.441 e. The third-order valence-electron chi connectivity index (χ3n) is 6.46. The van der Waals surface area contributed by atoms with Gasteiger partial charge in [0.15, 0.2) is 16.1 Å². The molecule has 0 bridgehead atoms. The van der Waals surface area contributed by atoms with Crippen LogP contribution in [0.25, 0.3) is 21.7 Å². The molecule has 1 saturated carbocycles. The van der Waals surface area contributed by atoms with Crippen LogP contribution >= 0.6 is 12.2 Å². The highest BCUT2D eigenvalue weighted by Crippen LogP contribution is 2.39. The molecule has 148 valence electrons. The molecule has 0 saturated heterocycles. The van der Waals surface area contributed by atoms with Gasteiger partial charge in [0.05, 0.1) is 0 Å². The van der Waals surface area contributed by atoms with Gasteiger partial charge in [0, 0.05) is 10.8 Å². The third-order valence-corrected chi connectivity index (χ3v) is 6.76. The fourth-order valence-electron chi connectivity index (χ4n) is 4.93. The molecule has 1 fully saturated rings. The molecule has 1 nitrogen and oxygen atoms in total. The lowest BCUT2D eigenvalue weighted by Crippen LogP contribution is -2.13. The lowest BCUT2D eigenvalue weighted by atomic mass is 9.77. The van der Waals surface area contributed by atoms with E-state index in [9.17, 15) is 4.39 Å². The summed E-state index contributed by atoms with van der Waals surface area (Å²) in [5.74, 6) is 1.24. The van der Waals surface area contributed by atoms with E-state index in [0.29, 0.717) is 28.2 Å². The van der Waals surface area contributed by atoms with Gasteiger partial charge in [-0.15, -0.1) is 0 Å². The Morgan fingerprint density at radius 3 is 2.43 bits per heavy atom. The van der Waals surface area contributed by atoms with Crippen LogP contribution in [0.3, 0.4) is 0 Å². The molecule has 4 rings (SSSR count). The second-order valence-corrected chi connectivity index (χ2v) is 8.74. The van der Waals surface area contributed by atoms with Gasteiger partial charge in [-0.1, -0.05) is 57.4 Å². The second-order valence-electron chi connectivity index (χ2n) is 8.37. The summed E-state index contributed by atoms with van der Waals surface area (Å²) in [5.41, 5.74) is 2.36. The van der Waals surface area contributed by atoms with Gasteiger partial charge in [-0.2, -0.15) is 0 Å². The molecule has 1 aromatic heterocycles. The standard InChI is InChI=1S/C25H29FOS/c1-3-5-16-7-9-17(10-8-16)19-12-13-20-21-14-11-18(6-4-2)23(26)24(21)27-25(28)22(20)15-19/h11-17H,3-10H2,1-2H3. The average Bonchev–Trinajstić information content (AvgIpc) is 2.71. The van der Waals surface area contributed by atoms with Gasteiger partial charge >= 0.3 is 0 Å². The van der Waals surface area contributed by atoms with Crippen molar-refractivity contribution in [2.75, 3.05) is 0 Å². The Hall–Kier alpha value is -1.74. The summed E-state index contributed by atoms with van der Waals surface area (Å²) in [6, 6.07) is 10.4. The first kappa shape index (κ1) is 19.6.